The van der Waals surface area contributed by atoms with Crippen LogP contribution in [0.4, 0.5) is 10.5 Å². The zero-order valence-electron chi connectivity index (χ0n) is 17.3. The molecule has 0 aliphatic carbocycles. The largest absolute Gasteiger partial charge is 0.325 e. The molecule has 2 atom stereocenters. The van der Waals surface area contributed by atoms with E-state index in [0.29, 0.717) is 22.7 Å². The molecule has 2 heterocycles. The average Bonchev–Trinajstić information content (AvgIpc) is 3.21. The molecule has 2 unspecified atom stereocenters. The van der Waals surface area contributed by atoms with Crippen LogP contribution in [-0.2, 0) is 25.0 Å². The van der Waals surface area contributed by atoms with Crippen molar-refractivity contribution in [2.45, 2.75) is 24.9 Å². The number of sulfone groups is 1. The van der Waals surface area contributed by atoms with Crippen molar-refractivity contribution in [1.82, 2.24) is 10.2 Å². The van der Waals surface area contributed by atoms with E-state index in [1.54, 1.807) is 61.5 Å². The van der Waals surface area contributed by atoms with E-state index >= 15 is 0 Å². The molecule has 8 nitrogen and oxygen atoms in total. The predicted molar refractivity (Wildman–Crippen MR) is 120 cm³/mol. The van der Waals surface area contributed by atoms with E-state index in [1.165, 1.54) is 4.90 Å². The van der Waals surface area contributed by atoms with Crippen LogP contribution in [0.1, 0.15) is 18.9 Å². The van der Waals surface area contributed by atoms with Gasteiger partial charge in [-0.1, -0.05) is 41.9 Å². The number of urea groups is 1. The number of hydrogen-bond donors (Lipinski definition) is 1. The molecule has 2 aliphatic rings. The molecule has 2 aliphatic heterocycles. The van der Waals surface area contributed by atoms with E-state index < -0.39 is 45.8 Å². The number of carbonyl (C=O) groups excluding carboxylic acids is 3. The van der Waals surface area contributed by atoms with E-state index in [-0.39, 0.29) is 11.5 Å². The summed E-state index contributed by atoms with van der Waals surface area (Å²) >= 11 is 5.93. The number of amides is 4. The lowest BCUT2D eigenvalue weighted by Crippen LogP contribution is -2.48. The van der Waals surface area contributed by atoms with E-state index in [0.717, 1.165) is 4.90 Å². The van der Waals surface area contributed by atoms with Gasteiger partial charge in [-0.05, 0) is 43.2 Å². The topological polar surface area (TPSA) is 104 Å². The first-order valence-corrected chi connectivity index (χ1v) is 12.3. The highest BCUT2D eigenvalue weighted by Crippen LogP contribution is 2.30. The number of rotatable bonds is 5. The lowest BCUT2D eigenvalue weighted by molar-refractivity contribution is -0.134. The van der Waals surface area contributed by atoms with Gasteiger partial charge in [-0.2, -0.15) is 0 Å². The number of carbonyl (C=O) groups is 3. The van der Waals surface area contributed by atoms with Crippen LogP contribution in [0.3, 0.4) is 0 Å². The van der Waals surface area contributed by atoms with Gasteiger partial charge in [0.25, 0.3) is 5.91 Å². The van der Waals surface area contributed by atoms with Crippen molar-refractivity contribution >= 4 is 45.0 Å². The number of halogens is 1. The van der Waals surface area contributed by atoms with Gasteiger partial charge in [0.1, 0.15) is 12.1 Å². The van der Waals surface area contributed by atoms with E-state index in [9.17, 15) is 22.8 Å². The number of para-hydroxylation sites is 1. The molecule has 10 heteroatoms. The average molecular weight is 476 g/mol. The highest BCUT2D eigenvalue weighted by atomic mass is 35.5. The predicted octanol–water partition coefficient (Wildman–Crippen LogP) is 2.33. The van der Waals surface area contributed by atoms with Gasteiger partial charge in [-0.15, -0.1) is 0 Å². The Morgan fingerprint density at radius 1 is 1.16 bits per heavy atom. The fourth-order valence-electron chi connectivity index (χ4n) is 4.16. The van der Waals surface area contributed by atoms with Gasteiger partial charge in [0, 0.05) is 10.7 Å². The monoisotopic (exact) mass is 475 g/mol. The Balaban J connectivity index is 1.60. The fraction of sp³-hybridized carbons (Fsp3) is 0.318. The van der Waals surface area contributed by atoms with Crippen molar-refractivity contribution in [2.24, 2.45) is 0 Å². The quantitative estimate of drug-likeness (QED) is 0.668. The molecular weight excluding hydrogens is 454 g/mol. The van der Waals surface area contributed by atoms with Crippen molar-refractivity contribution in [3.05, 3.63) is 65.2 Å². The van der Waals surface area contributed by atoms with Gasteiger partial charge in [0.15, 0.2) is 9.84 Å². The van der Waals surface area contributed by atoms with Crippen molar-refractivity contribution < 1.29 is 22.8 Å². The number of benzene rings is 2. The number of hydrogen-bond acceptors (Lipinski definition) is 5. The molecule has 2 saturated heterocycles. The standard InChI is InChI=1S/C22H22ClN3O5S/c1-22(15-7-9-16(23)10-8-15)20(28)25(21(29)24-22)13-19(27)26(17-5-3-2-4-6-17)18-11-12-32(30,31)14-18/h2-10,18H,11-14H2,1H3,(H,24,29). The molecule has 1 N–H and O–H groups in total. The Bertz CT molecular complexity index is 1170. The minimum Gasteiger partial charge on any atom is -0.319 e. The molecular formula is C22H22ClN3O5S. The van der Waals surface area contributed by atoms with Gasteiger partial charge < -0.3 is 10.2 Å². The van der Waals surface area contributed by atoms with Crippen LogP contribution in [-0.4, -0.2) is 55.3 Å². The van der Waals surface area contributed by atoms with E-state index in [4.69, 9.17) is 11.6 Å². The first-order valence-electron chi connectivity index (χ1n) is 10.1. The second-order valence-electron chi connectivity index (χ2n) is 8.11. The molecule has 168 valence electrons. The van der Waals surface area contributed by atoms with Crippen molar-refractivity contribution in [3.63, 3.8) is 0 Å². The lowest BCUT2D eigenvalue weighted by atomic mass is 9.92. The fourth-order valence-corrected chi connectivity index (χ4v) is 5.98. The Morgan fingerprint density at radius 3 is 2.41 bits per heavy atom. The number of nitrogens with one attached hydrogen (secondary N) is 1. The van der Waals surface area contributed by atoms with Crippen LogP contribution in [0, 0.1) is 0 Å². The maximum absolute atomic E-state index is 13.3. The smallest absolute Gasteiger partial charge is 0.319 e. The van der Waals surface area contributed by atoms with Crippen molar-refractivity contribution in [2.75, 3.05) is 23.0 Å². The van der Waals surface area contributed by atoms with Gasteiger partial charge in [-0.25, -0.2) is 13.2 Å². The van der Waals surface area contributed by atoms with E-state index in [2.05, 4.69) is 5.32 Å². The van der Waals surface area contributed by atoms with Crippen LogP contribution in [0.25, 0.3) is 0 Å². The van der Waals surface area contributed by atoms with Crippen LogP contribution >= 0.6 is 11.6 Å². The molecule has 4 rings (SSSR count). The maximum Gasteiger partial charge on any atom is 0.325 e. The van der Waals surface area contributed by atoms with Crippen LogP contribution in [0.5, 0.6) is 0 Å². The van der Waals surface area contributed by atoms with Gasteiger partial charge >= 0.3 is 6.03 Å². The summed E-state index contributed by atoms with van der Waals surface area (Å²) < 4.78 is 24.1. The third-order valence-corrected chi connectivity index (χ3v) is 7.87. The summed E-state index contributed by atoms with van der Waals surface area (Å²) in [6.45, 7) is 1.07. The number of imide groups is 1. The van der Waals surface area contributed by atoms with Crippen LogP contribution in [0.15, 0.2) is 54.6 Å². The minimum absolute atomic E-state index is 0.00789. The zero-order valence-corrected chi connectivity index (χ0v) is 18.9. The summed E-state index contributed by atoms with van der Waals surface area (Å²) in [4.78, 5) is 41.4. The first-order chi connectivity index (χ1) is 15.1. The molecule has 2 aromatic rings. The van der Waals surface area contributed by atoms with Gasteiger partial charge in [0.05, 0.1) is 17.5 Å². The second-order valence-corrected chi connectivity index (χ2v) is 10.8. The number of nitrogens with zero attached hydrogens (tertiary/aromatic N) is 2. The molecule has 0 radical (unpaired) electrons. The Hall–Kier alpha value is -2.91. The molecule has 4 amide bonds. The third-order valence-electron chi connectivity index (χ3n) is 5.87. The molecule has 2 fully saturated rings. The van der Waals surface area contributed by atoms with Crippen LogP contribution in [0.2, 0.25) is 5.02 Å². The highest BCUT2D eigenvalue weighted by molar-refractivity contribution is 7.91. The zero-order chi connectivity index (χ0) is 23.1. The Kier molecular flexibility index (Phi) is 5.72. The first kappa shape index (κ1) is 22.3. The third kappa shape index (κ3) is 4.10. The summed E-state index contributed by atoms with van der Waals surface area (Å²) in [6, 6.07) is 13.9. The summed E-state index contributed by atoms with van der Waals surface area (Å²) in [6.07, 6.45) is 0.297. The van der Waals surface area contributed by atoms with Crippen LogP contribution < -0.4 is 10.2 Å². The SMILES string of the molecule is CC1(c2ccc(Cl)cc2)NC(=O)N(CC(=O)N(c2ccccc2)C2CCS(=O)(=O)C2)C1=O. The lowest BCUT2D eigenvalue weighted by Gasteiger charge is -2.30. The Labute approximate surface area is 191 Å². The van der Waals surface area contributed by atoms with Gasteiger partial charge in [0.2, 0.25) is 5.91 Å². The summed E-state index contributed by atoms with van der Waals surface area (Å²) in [7, 11) is -3.25. The molecule has 0 aromatic heterocycles. The Morgan fingerprint density at radius 2 is 1.81 bits per heavy atom. The summed E-state index contributed by atoms with van der Waals surface area (Å²) in [5.74, 6) is -1.25. The number of anilines is 1. The van der Waals surface area contributed by atoms with E-state index in [1.807, 2.05) is 0 Å². The maximum atomic E-state index is 13.3. The molecule has 2 aromatic carbocycles. The highest BCUT2D eigenvalue weighted by Gasteiger charge is 2.50. The second kappa shape index (κ2) is 8.22. The normalized spacial score (nSPS) is 24.4. The molecule has 0 saturated carbocycles. The molecule has 0 bridgehead atoms. The molecule has 32 heavy (non-hydrogen) atoms. The van der Waals surface area contributed by atoms with Crippen molar-refractivity contribution in [3.8, 4) is 0 Å². The minimum atomic E-state index is -3.25. The summed E-state index contributed by atoms with van der Waals surface area (Å²) in [5.41, 5.74) is -0.278. The van der Waals surface area contributed by atoms with Crippen molar-refractivity contribution in [1.29, 1.82) is 0 Å². The summed E-state index contributed by atoms with van der Waals surface area (Å²) in [5, 5.41) is 3.15. The van der Waals surface area contributed by atoms with Gasteiger partial charge in [-0.3, -0.25) is 14.5 Å². The molecule has 0 spiro atoms.